The molecule has 0 N–H and O–H groups in total. The number of hydrogen-bond donors (Lipinski definition) is 0. The number of fused-ring (bicyclic) bond motifs is 1. The molecule has 0 atom stereocenters. The Labute approximate surface area is 165 Å². The molecule has 140 valence electrons. The van der Waals surface area contributed by atoms with Crippen LogP contribution in [0.1, 0.15) is 11.3 Å². The maximum absolute atomic E-state index is 12.0. The Morgan fingerprint density at radius 1 is 1.15 bits per heavy atom. The van der Waals surface area contributed by atoms with Crippen molar-refractivity contribution < 1.29 is 19.0 Å². The first-order valence-corrected chi connectivity index (χ1v) is 8.65. The zero-order valence-electron chi connectivity index (χ0n) is 14.6. The van der Waals surface area contributed by atoms with Crippen LogP contribution in [0.2, 0.25) is 10.0 Å². The highest BCUT2D eigenvalue weighted by Crippen LogP contribution is 2.28. The fourth-order valence-corrected chi connectivity index (χ4v) is 2.99. The standard InChI is InChI=1S/C19H16Cl2N2O4/c1-25-16-5-3-12(7-17(16)26-2)4-6-18(24)27-11-14-10-23-9-13(20)8-15(21)19(23)22-14/h3-10H,11H2,1-2H3/b6-4+. The summed E-state index contributed by atoms with van der Waals surface area (Å²) in [7, 11) is 3.11. The third-order valence-electron chi connectivity index (χ3n) is 3.70. The second kappa shape index (κ2) is 8.33. The molecule has 0 aliphatic heterocycles. The summed E-state index contributed by atoms with van der Waals surface area (Å²) in [5.41, 5.74) is 1.89. The van der Waals surface area contributed by atoms with Crippen LogP contribution in [0.15, 0.2) is 42.7 Å². The molecule has 2 heterocycles. The summed E-state index contributed by atoms with van der Waals surface area (Å²) in [6.07, 6.45) is 6.35. The van der Waals surface area contributed by atoms with Crippen molar-refractivity contribution in [1.29, 1.82) is 0 Å². The molecule has 0 fully saturated rings. The molecule has 0 bridgehead atoms. The van der Waals surface area contributed by atoms with E-state index in [1.807, 2.05) is 0 Å². The lowest BCUT2D eigenvalue weighted by atomic mass is 10.2. The van der Waals surface area contributed by atoms with Crippen LogP contribution in [0.25, 0.3) is 11.7 Å². The maximum Gasteiger partial charge on any atom is 0.331 e. The van der Waals surface area contributed by atoms with Crippen molar-refractivity contribution in [2.24, 2.45) is 0 Å². The Hall–Kier alpha value is -2.70. The lowest BCUT2D eigenvalue weighted by Crippen LogP contribution is -2.00. The highest BCUT2D eigenvalue weighted by molar-refractivity contribution is 6.36. The summed E-state index contributed by atoms with van der Waals surface area (Å²) in [4.78, 5) is 16.3. The largest absolute Gasteiger partial charge is 0.493 e. The minimum atomic E-state index is -0.494. The van der Waals surface area contributed by atoms with E-state index in [0.29, 0.717) is 32.9 Å². The van der Waals surface area contributed by atoms with Crippen molar-refractivity contribution in [1.82, 2.24) is 9.38 Å². The molecule has 0 aliphatic carbocycles. The van der Waals surface area contributed by atoms with Crippen LogP contribution in [-0.4, -0.2) is 29.6 Å². The number of pyridine rings is 1. The molecular weight excluding hydrogens is 391 g/mol. The van der Waals surface area contributed by atoms with Crippen molar-refractivity contribution in [3.63, 3.8) is 0 Å². The number of nitrogens with zero attached hydrogens (tertiary/aromatic N) is 2. The topological polar surface area (TPSA) is 62.1 Å². The molecule has 2 aromatic heterocycles. The number of halogens is 2. The van der Waals surface area contributed by atoms with Crippen molar-refractivity contribution in [3.8, 4) is 11.5 Å². The number of aromatic nitrogens is 2. The highest BCUT2D eigenvalue weighted by Gasteiger charge is 2.09. The Balaban J connectivity index is 1.64. The molecule has 0 saturated heterocycles. The molecule has 3 rings (SSSR count). The number of rotatable bonds is 6. The van der Waals surface area contributed by atoms with Crippen molar-refractivity contribution in [3.05, 3.63) is 64.0 Å². The fourth-order valence-electron chi connectivity index (χ4n) is 2.46. The summed E-state index contributed by atoms with van der Waals surface area (Å²) in [6.45, 7) is 0.0186. The molecule has 3 aromatic rings. The van der Waals surface area contributed by atoms with E-state index in [4.69, 9.17) is 37.4 Å². The first-order chi connectivity index (χ1) is 13.0. The van der Waals surface area contributed by atoms with Gasteiger partial charge in [0.15, 0.2) is 17.1 Å². The summed E-state index contributed by atoms with van der Waals surface area (Å²) in [5.74, 6) is 0.696. The Morgan fingerprint density at radius 2 is 1.93 bits per heavy atom. The molecule has 8 heteroatoms. The number of carbonyl (C=O) groups excluding carboxylic acids is 1. The van der Waals surface area contributed by atoms with Crippen molar-refractivity contribution >= 4 is 40.9 Å². The van der Waals surface area contributed by atoms with Crippen molar-refractivity contribution in [2.75, 3.05) is 14.2 Å². The van der Waals surface area contributed by atoms with Gasteiger partial charge in [-0.1, -0.05) is 29.3 Å². The Morgan fingerprint density at radius 3 is 2.67 bits per heavy atom. The van der Waals surface area contributed by atoms with E-state index in [2.05, 4.69) is 4.98 Å². The summed E-state index contributed by atoms with van der Waals surface area (Å²) >= 11 is 12.1. The average Bonchev–Trinajstić information content (AvgIpc) is 3.07. The van der Waals surface area contributed by atoms with Gasteiger partial charge in [-0.2, -0.15) is 0 Å². The molecule has 0 unspecified atom stereocenters. The molecule has 0 aliphatic rings. The number of hydrogen-bond acceptors (Lipinski definition) is 5. The second-order valence-corrected chi connectivity index (χ2v) is 6.37. The van der Waals surface area contributed by atoms with E-state index < -0.39 is 5.97 Å². The van der Waals surface area contributed by atoms with Crippen LogP contribution in [0.4, 0.5) is 0 Å². The number of ether oxygens (including phenoxy) is 3. The smallest absolute Gasteiger partial charge is 0.331 e. The van der Waals surface area contributed by atoms with E-state index >= 15 is 0 Å². The van der Waals surface area contributed by atoms with Crippen LogP contribution in [0.3, 0.4) is 0 Å². The first kappa shape index (κ1) is 19.1. The van der Waals surface area contributed by atoms with Gasteiger partial charge in [0.1, 0.15) is 6.61 Å². The molecule has 6 nitrogen and oxygen atoms in total. The van der Waals surface area contributed by atoms with Crippen LogP contribution in [0.5, 0.6) is 11.5 Å². The number of benzene rings is 1. The fraction of sp³-hybridized carbons (Fsp3) is 0.158. The average molecular weight is 407 g/mol. The van der Waals surface area contributed by atoms with Crippen LogP contribution >= 0.6 is 23.2 Å². The van der Waals surface area contributed by atoms with Gasteiger partial charge in [0.05, 0.1) is 30.0 Å². The van der Waals surface area contributed by atoms with E-state index in [0.717, 1.165) is 5.56 Å². The predicted octanol–water partition coefficient (Wildman–Crippen LogP) is 4.41. The van der Waals surface area contributed by atoms with Crippen LogP contribution in [-0.2, 0) is 16.1 Å². The molecule has 0 spiro atoms. The highest BCUT2D eigenvalue weighted by atomic mass is 35.5. The Bertz CT molecular complexity index is 1010. The number of imidazole rings is 1. The molecule has 1 aromatic carbocycles. The normalized spacial score (nSPS) is 11.1. The van der Waals surface area contributed by atoms with Gasteiger partial charge in [-0.05, 0) is 29.8 Å². The molecule has 0 amide bonds. The zero-order valence-corrected chi connectivity index (χ0v) is 16.1. The van der Waals surface area contributed by atoms with Gasteiger partial charge in [0.2, 0.25) is 0 Å². The van der Waals surface area contributed by atoms with Gasteiger partial charge >= 0.3 is 5.97 Å². The van der Waals surface area contributed by atoms with Crippen LogP contribution in [0, 0.1) is 0 Å². The third-order valence-corrected chi connectivity index (χ3v) is 4.19. The van der Waals surface area contributed by atoms with E-state index in [1.165, 1.54) is 6.08 Å². The van der Waals surface area contributed by atoms with E-state index in [9.17, 15) is 4.79 Å². The number of esters is 1. The van der Waals surface area contributed by atoms with Gasteiger partial charge in [-0.25, -0.2) is 9.78 Å². The second-order valence-electron chi connectivity index (χ2n) is 5.52. The van der Waals surface area contributed by atoms with E-state index in [-0.39, 0.29) is 6.61 Å². The molecule has 0 saturated carbocycles. The Kier molecular flexibility index (Phi) is 5.88. The summed E-state index contributed by atoms with van der Waals surface area (Å²) < 4.78 is 17.3. The maximum atomic E-state index is 12.0. The van der Waals surface area contributed by atoms with Crippen molar-refractivity contribution in [2.45, 2.75) is 6.61 Å². The quantitative estimate of drug-likeness (QED) is 0.447. The minimum Gasteiger partial charge on any atom is -0.493 e. The summed E-state index contributed by atoms with van der Waals surface area (Å²) in [5, 5.41) is 0.916. The molecular formula is C19H16Cl2N2O4. The SMILES string of the molecule is COc1ccc(/C=C/C(=O)OCc2cn3cc(Cl)cc(Cl)c3n2)cc1OC. The first-order valence-electron chi connectivity index (χ1n) is 7.89. The van der Waals surface area contributed by atoms with Gasteiger partial charge in [0, 0.05) is 18.5 Å². The number of carbonyl (C=O) groups is 1. The van der Waals surface area contributed by atoms with Crippen LogP contribution < -0.4 is 9.47 Å². The third kappa shape index (κ3) is 4.53. The molecule has 27 heavy (non-hydrogen) atoms. The van der Waals surface area contributed by atoms with E-state index in [1.54, 1.807) is 61.4 Å². The van der Waals surface area contributed by atoms with Gasteiger partial charge in [-0.15, -0.1) is 0 Å². The minimum absolute atomic E-state index is 0.0186. The van der Waals surface area contributed by atoms with Gasteiger partial charge < -0.3 is 18.6 Å². The lowest BCUT2D eigenvalue weighted by molar-refractivity contribution is -0.139. The monoisotopic (exact) mass is 406 g/mol. The number of methoxy groups -OCH3 is 2. The lowest BCUT2D eigenvalue weighted by Gasteiger charge is -2.07. The zero-order chi connectivity index (χ0) is 19.4. The van der Waals surface area contributed by atoms with Gasteiger partial charge in [0.25, 0.3) is 0 Å². The molecule has 0 radical (unpaired) electrons. The predicted molar refractivity (Wildman–Crippen MR) is 104 cm³/mol. The summed E-state index contributed by atoms with van der Waals surface area (Å²) in [6, 6.07) is 6.93. The van der Waals surface area contributed by atoms with Gasteiger partial charge in [-0.3, -0.25) is 0 Å².